The number of esters is 1. The van der Waals surface area contributed by atoms with Gasteiger partial charge >= 0.3 is 5.97 Å². The normalized spacial score (nSPS) is 21.4. The third kappa shape index (κ3) is 5.32. The summed E-state index contributed by atoms with van der Waals surface area (Å²) in [6.07, 6.45) is 1.85. The maximum atomic E-state index is 12.3. The molecule has 0 saturated carbocycles. The number of amides is 1. The lowest BCUT2D eigenvalue weighted by Gasteiger charge is -2.16. The van der Waals surface area contributed by atoms with Crippen LogP contribution >= 0.6 is 11.8 Å². The number of carbonyl (C=O) groups excluding carboxylic acids is 3. The van der Waals surface area contributed by atoms with Crippen LogP contribution in [0, 0.1) is 0 Å². The second-order valence-corrected chi connectivity index (χ2v) is 10.1. The van der Waals surface area contributed by atoms with Crippen LogP contribution < -0.4 is 4.90 Å². The van der Waals surface area contributed by atoms with Gasteiger partial charge in [-0.1, -0.05) is 12.1 Å². The molecule has 0 aromatic heterocycles. The van der Waals surface area contributed by atoms with Gasteiger partial charge in [0.15, 0.2) is 22.2 Å². The Kier molecular flexibility index (Phi) is 6.21. The van der Waals surface area contributed by atoms with Gasteiger partial charge in [-0.05, 0) is 25.0 Å². The van der Waals surface area contributed by atoms with Crippen molar-refractivity contribution in [2.75, 3.05) is 35.3 Å². The van der Waals surface area contributed by atoms with Crippen LogP contribution in [0.2, 0.25) is 0 Å². The summed E-state index contributed by atoms with van der Waals surface area (Å²) in [4.78, 5) is 37.6. The molecule has 2 saturated heterocycles. The standard InChI is InChI=1S/C18H21NO6S2/c20-16(10-25-18(22)11-26-15-6-8-27(23,24)12-15)13-3-1-4-14(9-13)19-7-2-5-17(19)21/h1,3-4,9,15H,2,5-8,10-12H2/t15-/m0/s1. The number of sulfone groups is 1. The topological polar surface area (TPSA) is 97.8 Å². The minimum atomic E-state index is -2.98. The van der Waals surface area contributed by atoms with Gasteiger partial charge in [-0.25, -0.2) is 8.42 Å². The average molecular weight is 412 g/mol. The third-order valence-electron chi connectivity index (χ3n) is 4.55. The summed E-state index contributed by atoms with van der Waals surface area (Å²) in [5, 5.41) is -0.0899. The van der Waals surface area contributed by atoms with Crippen molar-refractivity contribution in [2.24, 2.45) is 0 Å². The van der Waals surface area contributed by atoms with E-state index in [0.717, 1.165) is 6.42 Å². The number of carbonyl (C=O) groups is 3. The number of nitrogens with zero attached hydrogens (tertiary/aromatic N) is 1. The highest BCUT2D eigenvalue weighted by molar-refractivity contribution is 8.02. The molecule has 0 bridgehead atoms. The van der Waals surface area contributed by atoms with E-state index in [1.54, 1.807) is 29.2 Å². The number of Topliss-reactive ketones (excluding diaryl/α,β-unsaturated/α-hetero) is 1. The lowest BCUT2D eigenvalue weighted by molar-refractivity contribution is -0.139. The Labute approximate surface area is 162 Å². The molecule has 0 N–H and O–H groups in total. The fourth-order valence-corrected chi connectivity index (χ4v) is 6.56. The molecule has 1 amide bonds. The van der Waals surface area contributed by atoms with Gasteiger partial charge in [0.1, 0.15) is 0 Å². The van der Waals surface area contributed by atoms with Crippen molar-refractivity contribution >= 4 is 44.9 Å². The quantitative estimate of drug-likeness (QED) is 0.495. The summed E-state index contributed by atoms with van der Waals surface area (Å²) in [6.45, 7) is 0.263. The van der Waals surface area contributed by atoms with Crippen LogP contribution in [0.25, 0.3) is 0 Å². The van der Waals surface area contributed by atoms with Gasteiger partial charge in [0.25, 0.3) is 0 Å². The van der Waals surface area contributed by atoms with Crippen molar-refractivity contribution in [3.8, 4) is 0 Å². The molecule has 0 radical (unpaired) electrons. The SMILES string of the molecule is O=C(CS[C@H]1CCS(=O)(=O)C1)OCC(=O)c1cccc(N2CCCC2=O)c1. The average Bonchev–Trinajstić information content (AvgIpc) is 3.22. The Morgan fingerprint density at radius 1 is 1.30 bits per heavy atom. The van der Waals surface area contributed by atoms with E-state index in [2.05, 4.69) is 0 Å². The number of rotatable bonds is 7. The molecule has 2 aliphatic rings. The Morgan fingerprint density at radius 3 is 2.78 bits per heavy atom. The lowest BCUT2D eigenvalue weighted by Crippen LogP contribution is -2.24. The molecule has 1 aromatic carbocycles. The molecular weight excluding hydrogens is 390 g/mol. The fourth-order valence-electron chi connectivity index (χ4n) is 3.12. The lowest BCUT2D eigenvalue weighted by atomic mass is 10.1. The van der Waals surface area contributed by atoms with E-state index in [9.17, 15) is 22.8 Å². The number of hydrogen-bond acceptors (Lipinski definition) is 7. The first-order chi connectivity index (χ1) is 12.8. The maximum Gasteiger partial charge on any atom is 0.316 e. The van der Waals surface area contributed by atoms with Crippen LogP contribution in [0.3, 0.4) is 0 Å². The molecule has 2 fully saturated rings. The van der Waals surface area contributed by atoms with Crippen molar-refractivity contribution in [2.45, 2.75) is 24.5 Å². The Morgan fingerprint density at radius 2 is 2.11 bits per heavy atom. The molecule has 7 nitrogen and oxygen atoms in total. The van der Waals surface area contributed by atoms with Gasteiger partial charge in [-0.15, -0.1) is 11.8 Å². The molecule has 1 aromatic rings. The van der Waals surface area contributed by atoms with Crippen LogP contribution in [0.15, 0.2) is 24.3 Å². The maximum absolute atomic E-state index is 12.3. The molecular formula is C18H21NO6S2. The van der Waals surface area contributed by atoms with Crippen LogP contribution in [-0.2, 0) is 24.2 Å². The number of ketones is 1. The van der Waals surface area contributed by atoms with Gasteiger partial charge in [-0.2, -0.15) is 0 Å². The summed E-state index contributed by atoms with van der Waals surface area (Å²) in [5.74, 6) is -0.568. The first kappa shape index (κ1) is 19.9. The molecule has 146 valence electrons. The number of ether oxygens (including phenoxy) is 1. The number of hydrogen-bond donors (Lipinski definition) is 0. The summed E-state index contributed by atoms with van der Waals surface area (Å²) in [5.41, 5.74) is 1.06. The Hall–Kier alpha value is -1.87. The molecule has 0 spiro atoms. The van der Waals surface area contributed by atoms with Gasteiger partial charge < -0.3 is 9.64 Å². The summed E-state index contributed by atoms with van der Waals surface area (Å²) < 4.78 is 27.8. The molecule has 2 heterocycles. The van der Waals surface area contributed by atoms with Gasteiger partial charge in [0, 0.05) is 29.5 Å². The zero-order valence-electron chi connectivity index (χ0n) is 14.8. The van der Waals surface area contributed by atoms with Gasteiger partial charge in [0.05, 0.1) is 17.3 Å². The van der Waals surface area contributed by atoms with Crippen molar-refractivity contribution in [1.82, 2.24) is 0 Å². The molecule has 1 atom stereocenters. The van der Waals surface area contributed by atoms with E-state index in [1.165, 1.54) is 11.8 Å². The fraction of sp³-hybridized carbons (Fsp3) is 0.500. The van der Waals surface area contributed by atoms with Crippen molar-refractivity contribution in [3.05, 3.63) is 29.8 Å². The number of anilines is 1. The van der Waals surface area contributed by atoms with Crippen molar-refractivity contribution in [1.29, 1.82) is 0 Å². The minimum Gasteiger partial charge on any atom is -0.457 e. The molecule has 0 aliphatic carbocycles. The van der Waals surface area contributed by atoms with Crippen LogP contribution in [0.1, 0.15) is 29.6 Å². The van der Waals surface area contributed by atoms with E-state index in [0.29, 0.717) is 30.6 Å². The highest BCUT2D eigenvalue weighted by Crippen LogP contribution is 2.24. The number of benzene rings is 1. The molecule has 3 rings (SSSR count). The zero-order valence-corrected chi connectivity index (χ0v) is 16.4. The molecule has 9 heteroatoms. The Bertz CT molecular complexity index is 851. The molecule has 2 aliphatic heterocycles. The third-order valence-corrected chi connectivity index (χ3v) is 7.80. The predicted molar refractivity (Wildman–Crippen MR) is 103 cm³/mol. The van der Waals surface area contributed by atoms with Gasteiger partial charge in [0.2, 0.25) is 5.91 Å². The predicted octanol–water partition coefficient (Wildman–Crippen LogP) is 1.46. The van der Waals surface area contributed by atoms with Crippen molar-refractivity contribution < 1.29 is 27.5 Å². The van der Waals surface area contributed by atoms with E-state index in [1.807, 2.05) is 0 Å². The minimum absolute atomic E-state index is 0.0236. The molecule has 0 unspecified atom stereocenters. The summed E-state index contributed by atoms with van der Waals surface area (Å²) >= 11 is 1.25. The molecule has 27 heavy (non-hydrogen) atoms. The smallest absolute Gasteiger partial charge is 0.316 e. The highest BCUT2D eigenvalue weighted by atomic mass is 32.2. The first-order valence-electron chi connectivity index (χ1n) is 8.75. The second kappa shape index (κ2) is 8.43. The van der Waals surface area contributed by atoms with Crippen LogP contribution in [0.5, 0.6) is 0 Å². The largest absolute Gasteiger partial charge is 0.457 e. The highest BCUT2D eigenvalue weighted by Gasteiger charge is 2.29. The zero-order chi connectivity index (χ0) is 19.4. The number of thioether (sulfide) groups is 1. The van der Waals surface area contributed by atoms with Crippen molar-refractivity contribution in [3.63, 3.8) is 0 Å². The van der Waals surface area contributed by atoms with Gasteiger partial charge in [-0.3, -0.25) is 14.4 Å². The van der Waals surface area contributed by atoms with E-state index >= 15 is 0 Å². The summed E-state index contributed by atoms with van der Waals surface area (Å²) in [7, 11) is -2.98. The monoisotopic (exact) mass is 411 g/mol. The van der Waals surface area contributed by atoms with Crippen LogP contribution in [-0.4, -0.2) is 61.7 Å². The second-order valence-electron chi connectivity index (χ2n) is 6.62. The van der Waals surface area contributed by atoms with E-state index in [-0.39, 0.29) is 40.8 Å². The van der Waals surface area contributed by atoms with E-state index < -0.39 is 15.8 Å². The Balaban J connectivity index is 1.47. The van der Waals surface area contributed by atoms with E-state index in [4.69, 9.17) is 4.74 Å². The summed E-state index contributed by atoms with van der Waals surface area (Å²) in [6, 6.07) is 6.74. The van der Waals surface area contributed by atoms with Crippen LogP contribution in [0.4, 0.5) is 5.69 Å². The first-order valence-corrected chi connectivity index (χ1v) is 11.6.